The summed E-state index contributed by atoms with van der Waals surface area (Å²) in [5.74, 6) is 0.509. The molecule has 2 heterocycles. The number of aryl methyl sites for hydroxylation is 1. The van der Waals surface area contributed by atoms with Gasteiger partial charge in [-0.3, -0.25) is 4.79 Å². The van der Waals surface area contributed by atoms with Crippen molar-refractivity contribution in [3.8, 4) is 5.75 Å². The highest BCUT2D eigenvalue weighted by Gasteiger charge is 2.25. The SMILES string of the molecule is COc1ccc2c(C)c(CCC(=O)NCC3CNCC3O)c(=O)oc2c1. The molecule has 0 aliphatic carbocycles. The fourth-order valence-electron chi connectivity index (χ4n) is 3.29. The molecule has 1 saturated heterocycles. The number of fused-ring (bicyclic) bond motifs is 1. The standard InChI is InChI=1S/C19H24N2O5/c1-11-14-4-3-13(25-2)7-17(14)26-19(24)15(11)5-6-18(23)21-9-12-8-20-10-16(12)22/h3-4,7,12,16,20,22H,5-6,8-10H2,1-2H3,(H,21,23). The molecule has 2 aromatic rings. The van der Waals surface area contributed by atoms with Crippen LogP contribution in [0.25, 0.3) is 11.0 Å². The summed E-state index contributed by atoms with van der Waals surface area (Å²) in [6.45, 7) is 3.54. The lowest BCUT2D eigenvalue weighted by atomic mass is 10.0. The molecule has 1 fully saturated rings. The van der Waals surface area contributed by atoms with Gasteiger partial charge >= 0.3 is 5.63 Å². The Hall–Kier alpha value is -2.38. The van der Waals surface area contributed by atoms with Crippen molar-refractivity contribution in [1.82, 2.24) is 10.6 Å². The number of carbonyl (C=O) groups is 1. The van der Waals surface area contributed by atoms with Gasteiger partial charge in [0.2, 0.25) is 5.91 Å². The van der Waals surface area contributed by atoms with E-state index in [1.807, 2.05) is 19.1 Å². The Morgan fingerprint density at radius 2 is 2.23 bits per heavy atom. The van der Waals surface area contributed by atoms with Crippen molar-refractivity contribution in [1.29, 1.82) is 0 Å². The first-order valence-corrected chi connectivity index (χ1v) is 8.75. The molecule has 140 valence electrons. The van der Waals surface area contributed by atoms with Gasteiger partial charge in [-0.05, 0) is 31.0 Å². The summed E-state index contributed by atoms with van der Waals surface area (Å²) in [5, 5.41) is 16.5. The van der Waals surface area contributed by atoms with Gasteiger partial charge in [0.05, 0.1) is 13.2 Å². The van der Waals surface area contributed by atoms with E-state index in [0.717, 1.165) is 10.9 Å². The third-order valence-corrected chi connectivity index (χ3v) is 4.96. The highest BCUT2D eigenvalue weighted by molar-refractivity contribution is 5.82. The van der Waals surface area contributed by atoms with E-state index in [2.05, 4.69) is 10.6 Å². The van der Waals surface area contributed by atoms with Crippen molar-refractivity contribution in [2.24, 2.45) is 5.92 Å². The van der Waals surface area contributed by atoms with Crippen molar-refractivity contribution in [3.05, 3.63) is 39.7 Å². The van der Waals surface area contributed by atoms with Crippen LogP contribution in [0.4, 0.5) is 0 Å². The Morgan fingerprint density at radius 1 is 1.42 bits per heavy atom. The largest absolute Gasteiger partial charge is 0.497 e. The molecule has 7 nitrogen and oxygen atoms in total. The first kappa shape index (κ1) is 18.4. The molecular weight excluding hydrogens is 336 g/mol. The van der Waals surface area contributed by atoms with Crippen LogP contribution in [-0.4, -0.2) is 43.9 Å². The predicted molar refractivity (Wildman–Crippen MR) is 97.5 cm³/mol. The van der Waals surface area contributed by atoms with Crippen LogP contribution in [0.3, 0.4) is 0 Å². The maximum atomic E-state index is 12.3. The summed E-state index contributed by atoms with van der Waals surface area (Å²) in [7, 11) is 1.56. The summed E-state index contributed by atoms with van der Waals surface area (Å²) < 4.78 is 10.5. The lowest BCUT2D eigenvalue weighted by Gasteiger charge is -2.14. The van der Waals surface area contributed by atoms with Crippen LogP contribution in [0, 0.1) is 12.8 Å². The number of carbonyl (C=O) groups excluding carboxylic acids is 1. The number of hydrogen-bond donors (Lipinski definition) is 3. The molecule has 0 bridgehead atoms. The van der Waals surface area contributed by atoms with Crippen molar-refractivity contribution in [2.45, 2.75) is 25.9 Å². The second-order valence-corrected chi connectivity index (χ2v) is 6.64. The topological polar surface area (TPSA) is 101 Å². The lowest BCUT2D eigenvalue weighted by molar-refractivity contribution is -0.121. The van der Waals surface area contributed by atoms with E-state index in [1.54, 1.807) is 13.2 Å². The van der Waals surface area contributed by atoms with Gasteiger partial charge in [-0.2, -0.15) is 0 Å². The molecule has 0 saturated carbocycles. The van der Waals surface area contributed by atoms with E-state index < -0.39 is 11.7 Å². The molecule has 1 aromatic carbocycles. The third-order valence-electron chi connectivity index (χ3n) is 4.96. The zero-order valence-corrected chi connectivity index (χ0v) is 15.0. The van der Waals surface area contributed by atoms with E-state index in [1.165, 1.54) is 0 Å². The fourth-order valence-corrected chi connectivity index (χ4v) is 3.29. The van der Waals surface area contributed by atoms with Crippen LogP contribution in [-0.2, 0) is 11.2 Å². The summed E-state index contributed by atoms with van der Waals surface area (Å²) in [6, 6.07) is 5.35. The minimum Gasteiger partial charge on any atom is -0.497 e. The average Bonchev–Trinajstić information content (AvgIpc) is 3.04. The minimum absolute atomic E-state index is 0.0291. The molecule has 3 rings (SSSR count). The van der Waals surface area contributed by atoms with Crippen LogP contribution in [0.1, 0.15) is 17.5 Å². The van der Waals surface area contributed by atoms with E-state index >= 15 is 0 Å². The Labute approximate surface area is 151 Å². The molecule has 1 aromatic heterocycles. The highest BCUT2D eigenvalue weighted by atomic mass is 16.5. The molecule has 2 unspecified atom stereocenters. The van der Waals surface area contributed by atoms with Crippen LogP contribution in [0.2, 0.25) is 0 Å². The Kier molecular flexibility index (Phi) is 5.58. The number of rotatable bonds is 6. The highest BCUT2D eigenvalue weighted by Crippen LogP contribution is 2.24. The quantitative estimate of drug-likeness (QED) is 0.657. The molecule has 26 heavy (non-hydrogen) atoms. The molecule has 2 atom stereocenters. The van der Waals surface area contributed by atoms with E-state index in [4.69, 9.17) is 9.15 Å². The third kappa shape index (κ3) is 3.89. The smallest absolute Gasteiger partial charge is 0.339 e. The van der Waals surface area contributed by atoms with Crippen molar-refractivity contribution in [3.63, 3.8) is 0 Å². The second-order valence-electron chi connectivity index (χ2n) is 6.64. The number of methoxy groups -OCH3 is 1. The lowest BCUT2D eigenvalue weighted by Crippen LogP contribution is -2.34. The van der Waals surface area contributed by atoms with Gasteiger partial charge in [0, 0.05) is 49.0 Å². The fraction of sp³-hybridized carbons (Fsp3) is 0.474. The Balaban J connectivity index is 1.66. The van der Waals surface area contributed by atoms with E-state index in [9.17, 15) is 14.7 Å². The maximum Gasteiger partial charge on any atom is 0.339 e. The Morgan fingerprint density at radius 3 is 2.92 bits per heavy atom. The van der Waals surface area contributed by atoms with Crippen molar-refractivity contribution >= 4 is 16.9 Å². The number of aliphatic hydroxyl groups is 1. The second kappa shape index (κ2) is 7.88. The van der Waals surface area contributed by atoms with Crippen LogP contribution >= 0.6 is 0 Å². The molecule has 0 spiro atoms. The molecule has 1 amide bonds. The monoisotopic (exact) mass is 360 g/mol. The van der Waals surface area contributed by atoms with Gasteiger partial charge in [-0.25, -0.2) is 4.79 Å². The van der Waals surface area contributed by atoms with E-state index in [0.29, 0.717) is 43.0 Å². The molecule has 0 radical (unpaired) electrons. The van der Waals surface area contributed by atoms with Gasteiger partial charge < -0.3 is 24.9 Å². The molecule has 3 N–H and O–H groups in total. The number of aliphatic hydroxyl groups excluding tert-OH is 1. The molecule has 1 aliphatic rings. The maximum absolute atomic E-state index is 12.3. The summed E-state index contributed by atoms with van der Waals surface area (Å²) in [4.78, 5) is 24.4. The summed E-state index contributed by atoms with van der Waals surface area (Å²) in [6.07, 6.45) is 0.0822. The van der Waals surface area contributed by atoms with Gasteiger partial charge in [0.1, 0.15) is 11.3 Å². The first-order chi connectivity index (χ1) is 12.5. The first-order valence-electron chi connectivity index (χ1n) is 8.75. The zero-order valence-electron chi connectivity index (χ0n) is 15.0. The summed E-state index contributed by atoms with van der Waals surface area (Å²) >= 11 is 0. The summed E-state index contributed by atoms with van der Waals surface area (Å²) in [5.41, 5.74) is 1.39. The number of nitrogens with one attached hydrogen (secondary N) is 2. The number of benzene rings is 1. The average molecular weight is 360 g/mol. The van der Waals surface area contributed by atoms with Crippen molar-refractivity contribution < 1.29 is 19.1 Å². The molecule has 1 aliphatic heterocycles. The zero-order chi connectivity index (χ0) is 18.7. The van der Waals surface area contributed by atoms with Crippen LogP contribution in [0.15, 0.2) is 27.4 Å². The Bertz CT molecular complexity index is 861. The van der Waals surface area contributed by atoms with E-state index in [-0.39, 0.29) is 18.2 Å². The number of amides is 1. The van der Waals surface area contributed by atoms with Gasteiger partial charge in [0.15, 0.2) is 0 Å². The van der Waals surface area contributed by atoms with Crippen molar-refractivity contribution in [2.75, 3.05) is 26.7 Å². The minimum atomic E-state index is -0.429. The molecule has 7 heteroatoms. The number of β-amino-alcohol motifs (C(OH)–C–C–N with tert-alkyl or cyclic N) is 1. The van der Waals surface area contributed by atoms with Gasteiger partial charge in [0.25, 0.3) is 0 Å². The molecular formula is C19H24N2O5. The number of ether oxygens (including phenoxy) is 1. The van der Waals surface area contributed by atoms with Gasteiger partial charge in [-0.1, -0.05) is 0 Å². The normalized spacial score (nSPS) is 19.7. The predicted octanol–water partition coefficient (Wildman–Crippen LogP) is 0.739. The van der Waals surface area contributed by atoms with Gasteiger partial charge in [-0.15, -0.1) is 0 Å². The van der Waals surface area contributed by atoms with Crippen LogP contribution < -0.4 is 21.0 Å². The van der Waals surface area contributed by atoms with Crippen LogP contribution in [0.5, 0.6) is 5.75 Å². The number of hydrogen-bond acceptors (Lipinski definition) is 6.